The number of methoxy groups -OCH3 is 1. The molecule has 0 bridgehead atoms. The van der Waals surface area contributed by atoms with Crippen LogP contribution in [0.2, 0.25) is 0 Å². The molecule has 1 aromatic carbocycles. The van der Waals surface area contributed by atoms with E-state index in [-0.39, 0.29) is 5.97 Å². The second kappa shape index (κ2) is 6.91. The molecule has 0 fully saturated rings. The van der Waals surface area contributed by atoms with Gasteiger partial charge in [-0.1, -0.05) is 31.2 Å². The number of carbonyl (C=O) groups is 1. The second-order valence-corrected chi connectivity index (χ2v) is 4.57. The van der Waals surface area contributed by atoms with Gasteiger partial charge in [0.05, 0.1) is 19.2 Å². The summed E-state index contributed by atoms with van der Waals surface area (Å²) >= 11 is 0. The molecule has 0 aliphatic carbocycles. The maximum Gasteiger partial charge on any atom is 0.341 e. The van der Waals surface area contributed by atoms with Crippen LogP contribution in [0.1, 0.15) is 34.2 Å². The van der Waals surface area contributed by atoms with Gasteiger partial charge in [0, 0.05) is 6.54 Å². The van der Waals surface area contributed by atoms with Gasteiger partial charge >= 0.3 is 5.97 Å². The van der Waals surface area contributed by atoms with Crippen LogP contribution in [0, 0.1) is 0 Å². The van der Waals surface area contributed by atoms with E-state index in [9.17, 15) is 4.79 Å². The van der Waals surface area contributed by atoms with Crippen molar-refractivity contribution in [2.45, 2.75) is 26.4 Å². The van der Waals surface area contributed by atoms with Crippen LogP contribution in [0.3, 0.4) is 0 Å². The van der Waals surface area contributed by atoms with Gasteiger partial charge in [0.2, 0.25) is 0 Å². The van der Waals surface area contributed by atoms with E-state index in [2.05, 4.69) is 41.2 Å². The maximum absolute atomic E-state index is 11.3. The number of carbonyl (C=O) groups excluding carboxylic acids is 1. The van der Waals surface area contributed by atoms with Crippen LogP contribution < -0.4 is 5.32 Å². The Balaban J connectivity index is 1.83. The number of hydrogen-bond donors (Lipinski definition) is 1. The Bertz CT molecular complexity index is 557. The van der Waals surface area contributed by atoms with Gasteiger partial charge in [-0.15, -0.1) is 0 Å². The maximum atomic E-state index is 11.3. The first-order valence-electron chi connectivity index (χ1n) is 6.67. The molecule has 0 saturated heterocycles. The summed E-state index contributed by atoms with van der Waals surface area (Å²) < 4.78 is 9.92. The second-order valence-electron chi connectivity index (χ2n) is 4.57. The van der Waals surface area contributed by atoms with Crippen molar-refractivity contribution in [1.29, 1.82) is 0 Å². The third-order valence-corrected chi connectivity index (χ3v) is 3.13. The quantitative estimate of drug-likeness (QED) is 0.822. The number of ether oxygens (including phenoxy) is 1. The molecule has 20 heavy (non-hydrogen) atoms. The highest BCUT2D eigenvalue weighted by Crippen LogP contribution is 2.09. The summed E-state index contributed by atoms with van der Waals surface area (Å²) in [6.45, 7) is 3.48. The Hall–Kier alpha value is -2.07. The molecule has 0 saturated carbocycles. The number of furan rings is 1. The molecule has 2 aromatic rings. The lowest BCUT2D eigenvalue weighted by Crippen LogP contribution is -2.12. The standard InChI is InChI=1S/C16H19NO3/c1-3-12-4-6-13(7-5-12)9-17-10-15-8-14(11-20-15)16(18)19-2/h4-8,11,17H,3,9-10H2,1-2H3. The van der Waals surface area contributed by atoms with Gasteiger partial charge in [-0.05, 0) is 23.6 Å². The molecule has 0 aliphatic rings. The van der Waals surface area contributed by atoms with Crippen LogP contribution in [0.4, 0.5) is 0 Å². The van der Waals surface area contributed by atoms with Crippen molar-refractivity contribution in [2.24, 2.45) is 0 Å². The molecule has 0 aliphatic heterocycles. The fraction of sp³-hybridized carbons (Fsp3) is 0.312. The normalized spacial score (nSPS) is 10.5. The molecule has 2 rings (SSSR count). The fourth-order valence-electron chi connectivity index (χ4n) is 1.92. The van der Waals surface area contributed by atoms with E-state index >= 15 is 0 Å². The minimum Gasteiger partial charge on any atom is -0.467 e. The van der Waals surface area contributed by atoms with E-state index in [0.717, 1.165) is 18.7 Å². The highest BCUT2D eigenvalue weighted by atomic mass is 16.5. The zero-order chi connectivity index (χ0) is 14.4. The SMILES string of the molecule is CCc1ccc(CNCc2cc(C(=O)OC)co2)cc1. The molecule has 0 unspecified atom stereocenters. The van der Waals surface area contributed by atoms with Crippen molar-refractivity contribution in [1.82, 2.24) is 5.32 Å². The van der Waals surface area contributed by atoms with Gasteiger partial charge in [-0.3, -0.25) is 0 Å². The highest BCUT2D eigenvalue weighted by Gasteiger charge is 2.09. The fourth-order valence-corrected chi connectivity index (χ4v) is 1.92. The van der Waals surface area contributed by atoms with Crippen molar-refractivity contribution in [3.63, 3.8) is 0 Å². The monoisotopic (exact) mass is 273 g/mol. The molecule has 4 heteroatoms. The number of esters is 1. The molecule has 1 heterocycles. The lowest BCUT2D eigenvalue weighted by atomic mass is 10.1. The minimum atomic E-state index is -0.379. The molecule has 106 valence electrons. The van der Waals surface area contributed by atoms with Crippen LogP contribution in [0.25, 0.3) is 0 Å². The van der Waals surface area contributed by atoms with Crippen molar-refractivity contribution in [3.05, 3.63) is 59.0 Å². The summed E-state index contributed by atoms with van der Waals surface area (Å²) in [4.78, 5) is 11.3. The first-order chi connectivity index (χ1) is 9.72. The number of aryl methyl sites for hydroxylation is 1. The van der Waals surface area contributed by atoms with E-state index in [4.69, 9.17) is 4.42 Å². The van der Waals surface area contributed by atoms with Gasteiger partial charge in [0.15, 0.2) is 0 Å². The molecular formula is C16H19NO3. The summed E-state index contributed by atoms with van der Waals surface area (Å²) in [5.74, 6) is 0.339. The molecule has 0 spiro atoms. The van der Waals surface area contributed by atoms with Gasteiger partial charge < -0.3 is 14.5 Å². The topological polar surface area (TPSA) is 51.5 Å². The van der Waals surface area contributed by atoms with Gasteiger partial charge in [0.1, 0.15) is 12.0 Å². The summed E-state index contributed by atoms with van der Waals surface area (Å²) in [6.07, 6.45) is 2.47. The van der Waals surface area contributed by atoms with E-state index in [0.29, 0.717) is 12.1 Å². The first kappa shape index (κ1) is 14.3. The van der Waals surface area contributed by atoms with Gasteiger partial charge in [0.25, 0.3) is 0 Å². The van der Waals surface area contributed by atoms with Crippen LogP contribution in [0.15, 0.2) is 41.0 Å². The number of benzene rings is 1. The van der Waals surface area contributed by atoms with Crippen molar-refractivity contribution < 1.29 is 13.9 Å². The third kappa shape index (κ3) is 3.71. The summed E-state index contributed by atoms with van der Waals surface area (Å²) in [6, 6.07) is 10.2. The Morgan fingerprint density at radius 3 is 2.55 bits per heavy atom. The van der Waals surface area contributed by atoms with Crippen LogP contribution >= 0.6 is 0 Å². The number of nitrogens with one attached hydrogen (secondary N) is 1. The molecule has 1 aromatic heterocycles. The first-order valence-corrected chi connectivity index (χ1v) is 6.67. The van der Waals surface area contributed by atoms with Crippen molar-refractivity contribution >= 4 is 5.97 Å². The molecular weight excluding hydrogens is 254 g/mol. The van der Waals surface area contributed by atoms with E-state index in [1.807, 2.05) is 0 Å². The summed E-state index contributed by atoms with van der Waals surface area (Å²) in [5, 5.41) is 3.28. The van der Waals surface area contributed by atoms with Crippen molar-refractivity contribution in [3.8, 4) is 0 Å². The van der Waals surface area contributed by atoms with E-state index in [1.165, 1.54) is 24.5 Å². The number of rotatable bonds is 6. The Morgan fingerprint density at radius 1 is 1.20 bits per heavy atom. The Kier molecular flexibility index (Phi) is 4.96. The predicted molar refractivity (Wildman–Crippen MR) is 76.4 cm³/mol. The average molecular weight is 273 g/mol. The lowest BCUT2D eigenvalue weighted by molar-refractivity contribution is 0.0600. The zero-order valence-corrected chi connectivity index (χ0v) is 11.8. The van der Waals surface area contributed by atoms with Crippen LogP contribution in [-0.2, 0) is 24.2 Å². The Morgan fingerprint density at radius 2 is 1.90 bits per heavy atom. The average Bonchev–Trinajstić information content (AvgIpc) is 2.96. The van der Waals surface area contributed by atoms with E-state index < -0.39 is 0 Å². The smallest absolute Gasteiger partial charge is 0.341 e. The van der Waals surface area contributed by atoms with Crippen LogP contribution in [0.5, 0.6) is 0 Å². The van der Waals surface area contributed by atoms with Gasteiger partial charge in [-0.2, -0.15) is 0 Å². The molecule has 0 radical (unpaired) electrons. The Labute approximate surface area is 118 Å². The van der Waals surface area contributed by atoms with Gasteiger partial charge in [-0.25, -0.2) is 4.79 Å². The minimum absolute atomic E-state index is 0.379. The predicted octanol–water partition coefficient (Wildman–Crippen LogP) is 2.92. The highest BCUT2D eigenvalue weighted by molar-refractivity contribution is 5.88. The largest absolute Gasteiger partial charge is 0.467 e. The number of hydrogen-bond acceptors (Lipinski definition) is 4. The van der Waals surface area contributed by atoms with Crippen molar-refractivity contribution in [2.75, 3.05) is 7.11 Å². The summed E-state index contributed by atoms with van der Waals surface area (Å²) in [7, 11) is 1.35. The third-order valence-electron chi connectivity index (χ3n) is 3.13. The molecule has 1 N–H and O–H groups in total. The molecule has 0 atom stereocenters. The zero-order valence-electron chi connectivity index (χ0n) is 11.8. The molecule has 4 nitrogen and oxygen atoms in total. The molecule has 0 amide bonds. The van der Waals surface area contributed by atoms with Crippen LogP contribution in [-0.4, -0.2) is 13.1 Å². The summed E-state index contributed by atoms with van der Waals surface area (Å²) in [5.41, 5.74) is 3.00. The van der Waals surface area contributed by atoms with E-state index in [1.54, 1.807) is 6.07 Å². The lowest BCUT2D eigenvalue weighted by Gasteiger charge is -2.04.